The molecule has 0 aliphatic carbocycles. The van der Waals surface area contributed by atoms with Crippen LogP contribution in [0, 0.1) is 0 Å². The van der Waals surface area contributed by atoms with Crippen molar-refractivity contribution in [1.29, 1.82) is 0 Å². The van der Waals surface area contributed by atoms with Gasteiger partial charge in [-0.15, -0.1) is 0 Å². The van der Waals surface area contributed by atoms with Crippen LogP contribution in [-0.2, 0) is 5.41 Å². The van der Waals surface area contributed by atoms with E-state index < -0.39 is 0 Å². The molecule has 2 heterocycles. The maximum Gasteiger partial charge on any atom is 0.139 e. The Morgan fingerprint density at radius 2 is 1.40 bits per heavy atom. The fourth-order valence-electron chi connectivity index (χ4n) is 4.77. The van der Waals surface area contributed by atoms with Gasteiger partial charge in [0.15, 0.2) is 0 Å². The third-order valence-corrected chi connectivity index (χ3v) is 6.12. The second-order valence-electron chi connectivity index (χ2n) is 9.06. The number of para-hydroxylation sites is 3. The number of benzene rings is 4. The number of hydrogen-bond acceptors (Lipinski definition) is 1. The lowest BCUT2D eigenvalue weighted by atomic mass is 9.86. The predicted octanol–water partition coefficient (Wildman–Crippen LogP) is 7.98. The molecule has 2 heteroatoms. The Morgan fingerprint density at radius 1 is 0.667 bits per heavy atom. The molecule has 6 aromatic rings. The molecular formula is C28H23NO. The molecule has 0 fully saturated rings. The number of rotatable bonds is 1. The molecule has 0 N–H and O–H groups in total. The van der Waals surface area contributed by atoms with Crippen LogP contribution in [0.2, 0.25) is 0 Å². The van der Waals surface area contributed by atoms with E-state index in [2.05, 4.69) is 110 Å². The molecular weight excluding hydrogens is 366 g/mol. The fraction of sp³-hybridized carbons (Fsp3) is 0.143. The van der Waals surface area contributed by atoms with Crippen molar-refractivity contribution in [2.45, 2.75) is 26.2 Å². The van der Waals surface area contributed by atoms with Crippen molar-refractivity contribution in [3.63, 3.8) is 0 Å². The third kappa shape index (κ3) is 2.31. The first-order valence-electron chi connectivity index (χ1n) is 10.5. The van der Waals surface area contributed by atoms with Gasteiger partial charge >= 0.3 is 0 Å². The number of aromatic nitrogens is 1. The predicted molar refractivity (Wildman–Crippen MR) is 127 cm³/mol. The normalized spacial score (nSPS) is 12.5. The summed E-state index contributed by atoms with van der Waals surface area (Å²) in [4.78, 5) is 0. The lowest BCUT2D eigenvalue weighted by Gasteiger charge is -2.18. The molecule has 4 aromatic carbocycles. The maximum absolute atomic E-state index is 6.49. The van der Waals surface area contributed by atoms with Crippen LogP contribution in [0.25, 0.3) is 49.4 Å². The van der Waals surface area contributed by atoms with E-state index in [1.54, 1.807) is 0 Å². The molecule has 6 rings (SSSR count). The summed E-state index contributed by atoms with van der Waals surface area (Å²) >= 11 is 0. The van der Waals surface area contributed by atoms with Crippen LogP contribution >= 0.6 is 0 Å². The second-order valence-corrected chi connectivity index (χ2v) is 9.06. The van der Waals surface area contributed by atoms with Crippen LogP contribution in [-0.4, -0.2) is 4.57 Å². The van der Waals surface area contributed by atoms with E-state index >= 15 is 0 Å². The van der Waals surface area contributed by atoms with Crippen LogP contribution in [0.1, 0.15) is 26.3 Å². The SMILES string of the molecule is CC(C)(C)c1cccc2c1oc1ccc3c4ccccc4n(-c4ccccc4)c3c12. The standard InChI is InChI=1S/C28H23NO/c1-28(2,3)22-14-9-13-21-25-24(30-27(21)22)17-16-20-19-12-7-8-15-23(19)29(26(20)25)18-10-5-4-6-11-18/h4-17H,1-3H3. The van der Waals surface area contributed by atoms with Crippen molar-refractivity contribution in [2.75, 3.05) is 0 Å². The van der Waals surface area contributed by atoms with Crippen LogP contribution in [0.3, 0.4) is 0 Å². The first-order chi connectivity index (χ1) is 14.5. The minimum Gasteiger partial charge on any atom is -0.456 e. The highest BCUT2D eigenvalue weighted by Gasteiger charge is 2.23. The molecule has 0 spiro atoms. The van der Waals surface area contributed by atoms with Crippen molar-refractivity contribution in [1.82, 2.24) is 4.57 Å². The molecule has 30 heavy (non-hydrogen) atoms. The van der Waals surface area contributed by atoms with Crippen LogP contribution < -0.4 is 0 Å². The molecule has 0 saturated carbocycles. The van der Waals surface area contributed by atoms with Gasteiger partial charge in [-0.2, -0.15) is 0 Å². The fourth-order valence-corrected chi connectivity index (χ4v) is 4.77. The third-order valence-electron chi connectivity index (χ3n) is 6.12. The Morgan fingerprint density at radius 3 is 2.20 bits per heavy atom. The zero-order valence-corrected chi connectivity index (χ0v) is 17.4. The molecule has 0 aliphatic heterocycles. The van der Waals surface area contributed by atoms with E-state index in [4.69, 9.17) is 4.42 Å². The molecule has 0 bridgehead atoms. The van der Waals surface area contributed by atoms with E-state index in [1.165, 1.54) is 38.1 Å². The zero-order chi connectivity index (χ0) is 20.5. The summed E-state index contributed by atoms with van der Waals surface area (Å²) in [6.07, 6.45) is 0. The Hall–Kier alpha value is -3.52. The minimum atomic E-state index is 0.0125. The summed E-state index contributed by atoms with van der Waals surface area (Å²) in [5.41, 5.74) is 6.78. The zero-order valence-electron chi connectivity index (χ0n) is 17.4. The van der Waals surface area contributed by atoms with Gasteiger partial charge < -0.3 is 8.98 Å². The molecule has 0 saturated heterocycles. The number of fused-ring (bicyclic) bond motifs is 7. The molecule has 2 aromatic heterocycles. The Labute approximate surface area is 175 Å². The van der Waals surface area contributed by atoms with Gasteiger partial charge in [-0.05, 0) is 35.7 Å². The average Bonchev–Trinajstić information content (AvgIpc) is 3.29. The highest BCUT2D eigenvalue weighted by Crippen LogP contribution is 2.42. The molecule has 0 unspecified atom stereocenters. The van der Waals surface area contributed by atoms with Gasteiger partial charge in [-0.25, -0.2) is 0 Å². The summed E-state index contributed by atoms with van der Waals surface area (Å²) in [5.74, 6) is 0. The quantitative estimate of drug-likeness (QED) is 0.279. The average molecular weight is 389 g/mol. The smallest absolute Gasteiger partial charge is 0.139 e. The summed E-state index contributed by atoms with van der Waals surface area (Å²) in [6, 6.07) is 30.1. The van der Waals surface area contributed by atoms with Crippen molar-refractivity contribution >= 4 is 43.7 Å². The van der Waals surface area contributed by atoms with Crippen molar-refractivity contribution in [2.24, 2.45) is 0 Å². The van der Waals surface area contributed by atoms with Crippen molar-refractivity contribution in [3.8, 4) is 5.69 Å². The van der Waals surface area contributed by atoms with Gasteiger partial charge in [0, 0.05) is 27.4 Å². The number of furan rings is 1. The van der Waals surface area contributed by atoms with E-state index in [0.717, 1.165) is 16.9 Å². The Bertz CT molecular complexity index is 1560. The van der Waals surface area contributed by atoms with Crippen molar-refractivity contribution < 1.29 is 4.42 Å². The molecule has 0 aliphatic rings. The van der Waals surface area contributed by atoms with E-state index in [0.29, 0.717) is 0 Å². The van der Waals surface area contributed by atoms with Gasteiger partial charge in [-0.3, -0.25) is 0 Å². The Balaban J connectivity index is 1.89. The van der Waals surface area contributed by atoms with Crippen LogP contribution in [0.4, 0.5) is 0 Å². The topological polar surface area (TPSA) is 18.1 Å². The molecule has 0 amide bonds. The van der Waals surface area contributed by atoms with Gasteiger partial charge in [0.1, 0.15) is 11.2 Å². The highest BCUT2D eigenvalue weighted by molar-refractivity contribution is 6.24. The molecule has 146 valence electrons. The summed E-state index contributed by atoms with van der Waals surface area (Å²) in [7, 11) is 0. The maximum atomic E-state index is 6.49. The van der Waals surface area contributed by atoms with E-state index in [1.807, 2.05) is 0 Å². The van der Waals surface area contributed by atoms with Crippen molar-refractivity contribution in [3.05, 3.63) is 90.5 Å². The number of nitrogens with zero attached hydrogens (tertiary/aromatic N) is 1. The highest BCUT2D eigenvalue weighted by atomic mass is 16.3. The lowest BCUT2D eigenvalue weighted by molar-refractivity contribution is 0.573. The Kier molecular flexibility index (Phi) is 3.47. The number of hydrogen-bond donors (Lipinski definition) is 0. The first-order valence-corrected chi connectivity index (χ1v) is 10.5. The minimum absolute atomic E-state index is 0.0125. The summed E-state index contributed by atoms with van der Waals surface area (Å²) in [6.45, 7) is 6.72. The van der Waals surface area contributed by atoms with Crippen LogP contribution in [0.15, 0.2) is 89.3 Å². The van der Waals surface area contributed by atoms with E-state index in [9.17, 15) is 0 Å². The summed E-state index contributed by atoms with van der Waals surface area (Å²) < 4.78 is 8.87. The summed E-state index contributed by atoms with van der Waals surface area (Å²) in [5, 5.41) is 4.89. The molecule has 0 atom stereocenters. The van der Waals surface area contributed by atoms with E-state index in [-0.39, 0.29) is 5.41 Å². The first kappa shape index (κ1) is 17.3. The lowest BCUT2D eigenvalue weighted by Crippen LogP contribution is -2.10. The van der Waals surface area contributed by atoms with Crippen LogP contribution in [0.5, 0.6) is 0 Å². The van der Waals surface area contributed by atoms with Gasteiger partial charge in [0.05, 0.1) is 16.4 Å². The monoisotopic (exact) mass is 389 g/mol. The largest absolute Gasteiger partial charge is 0.456 e. The molecule has 2 nitrogen and oxygen atoms in total. The van der Waals surface area contributed by atoms with Gasteiger partial charge in [0.2, 0.25) is 0 Å². The van der Waals surface area contributed by atoms with Gasteiger partial charge in [0.25, 0.3) is 0 Å². The second kappa shape index (κ2) is 5.99. The van der Waals surface area contributed by atoms with Gasteiger partial charge in [-0.1, -0.05) is 75.4 Å². The molecule has 0 radical (unpaired) electrons.